The Kier molecular flexibility index (Phi) is 3.66. The molecule has 1 unspecified atom stereocenters. The van der Waals surface area contributed by atoms with Crippen LogP contribution >= 0.6 is 11.3 Å². The van der Waals surface area contributed by atoms with Gasteiger partial charge in [0.15, 0.2) is 0 Å². The Morgan fingerprint density at radius 2 is 2.29 bits per heavy atom. The molecule has 3 nitrogen and oxygen atoms in total. The molecule has 0 saturated heterocycles. The minimum atomic E-state index is -0.0245. The van der Waals surface area contributed by atoms with Crippen LogP contribution in [0.25, 0.3) is 0 Å². The highest BCUT2D eigenvalue weighted by Crippen LogP contribution is 2.20. The third-order valence-corrected chi connectivity index (χ3v) is 3.13. The summed E-state index contributed by atoms with van der Waals surface area (Å²) in [5.41, 5.74) is 6.71. The van der Waals surface area contributed by atoms with Gasteiger partial charge in [-0.3, -0.25) is 4.79 Å². The molecule has 4 heteroatoms. The number of amides is 1. The molecule has 1 heterocycles. The average Bonchev–Trinajstić information content (AvgIpc) is 2.43. The van der Waals surface area contributed by atoms with Crippen LogP contribution < -0.4 is 11.1 Å². The predicted octanol–water partition coefficient (Wildman–Crippen LogP) is 1.44. The number of thiophene rings is 1. The number of hydrogen-bond donors (Lipinski definition) is 2. The molecular formula is C10H16N2OS. The fourth-order valence-electron chi connectivity index (χ4n) is 1.03. The van der Waals surface area contributed by atoms with Crippen molar-refractivity contribution in [2.45, 2.75) is 26.8 Å². The molecule has 0 saturated carbocycles. The van der Waals surface area contributed by atoms with Gasteiger partial charge >= 0.3 is 0 Å². The minimum absolute atomic E-state index is 0.00102. The maximum atomic E-state index is 11.6. The number of carbonyl (C=O) groups is 1. The van der Waals surface area contributed by atoms with Gasteiger partial charge in [0.25, 0.3) is 5.91 Å². The molecule has 0 fully saturated rings. The Morgan fingerprint density at radius 1 is 1.64 bits per heavy atom. The van der Waals surface area contributed by atoms with Crippen LogP contribution in [0.1, 0.15) is 27.0 Å². The molecule has 0 bridgehead atoms. The molecule has 0 aliphatic carbocycles. The van der Waals surface area contributed by atoms with E-state index in [4.69, 9.17) is 5.73 Å². The Morgan fingerprint density at radius 3 is 2.71 bits per heavy atom. The van der Waals surface area contributed by atoms with Gasteiger partial charge in [-0.05, 0) is 32.4 Å². The third-order valence-electron chi connectivity index (χ3n) is 1.97. The summed E-state index contributed by atoms with van der Waals surface area (Å²) in [4.78, 5) is 13.5. The lowest BCUT2D eigenvalue weighted by Gasteiger charge is -2.05. The number of nitrogens with one attached hydrogen (secondary N) is 1. The number of aryl methyl sites for hydroxylation is 2. The molecule has 78 valence electrons. The first-order valence-electron chi connectivity index (χ1n) is 4.61. The summed E-state index contributed by atoms with van der Waals surface area (Å²) in [6.45, 7) is 6.41. The van der Waals surface area contributed by atoms with Gasteiger partial charge in [0, 0.05) is 17.5 Å². The molecule has 1 aromatic rings. The quantitative estimate of drug-likeness (QED) is 0.796. The largest absolute Gasteiger partial charge is 0.350 e. The standard InChI is InChI=1S/C10H16N2OS/c1-6-4-9(14-8(6)3)10(13)12-5-7(2)11/h4,7H,5,11H2,1-3H3,(H,12,13). The normalized spacial score (nSPS) is 12.6. The van der Waals surface area contributed by atoms with Gasteiger partial charge in [-0.25, -0.2) is 0 Å². The summed E-state index contributed by atoms with van der Waals surface area (Å²) < 4.78 is 0. The van der Waals surface area contributed by atoms with Gasteiger partial charge in [-0.2, -0.15) is 0 Å². The summed E-state index contributed by atoms with van der Waals surface area (Å²) in [6, 6.07) is 1.91. The lowest BCUT2D eigenvalue weighted by atomic mass is 10.3. The van der Waals surface area contributed by atoms with E-state index in [1.807, 2.05) is 26.8 Å². The first kappa shape index (κ1) is 11.2. The van der Waals surface area contributed by atoms with E-state index in [1.54, 1.807) is 0 Å². The van der Waals surface area contributed by atoms with Crippen LogP contribution in [0.3, 0.4) is 0 Å². The summed E-state index contributed by atoms with van der Waals surface area (Å²) in [5.74, 6) is -0.0245. The van der Waals surface area contributed by atoms with Gasteiger partial charge in [0.1, 0.15) is 0 Å². The second kappa shape index (κ2) is 4.57. The maximum Gasteiger partial charge on any atom is 0.261 e. The number of hydrogen-bond acceptors (Lipinski definition) is 3. The topological polar surface area (TPSA) is 55.1 Å². The molecule has 0 radical (unpaired) electrons. The molecule has 0 aliphatic heterocycles. The molecule has 0 spiro atoms. The third kappa shape index (κ3) is 2.82. The first-order chi connectivity index (χ1) is 6.50. The van der Waals surface area contributed by atoms with Crippen molar-refractivity contribution in [1.29, 1.82) is 0 Å². The molecule has 1 aromatic heterocycles. The lowest BCUT2D eigenvalue weighted by molar-refractivity contribution is 0.0955. The van der Waals surface area contributed by atoms with Crippen molar-refractivity contribution in [3.05, 3.63) is 21.4 Å². The van der Waals surface area contributed by atoms with Crippen LogP contribution in [-0.2, 0) is 0 Å². The van der Waals surface area contributed by atoms with Gasteiger partial charge in [0.2, 0.25) is 0 Å². The Hall–Kier alpha value is -0.870. The highest BCUT2D eigenvalue weighted by molar-refractivity contribution is 7.14. The van der Waals surface area contributed by atoms with Crippen molar-refractivity contribution >= 4 is 17.2 Å². The second-order valence-corrected chi connectivity index (χ2v) is 4.79. The molecule has 0 aromatic carbocycles. The van der Waals surface area contributed by atoms with E-state index in [0.29, 0.717) is 6.54 Å². The smallest absolute Gasteiger partial charge is 0.261 e. The van der Waals surface area contributed by atoms with Crippen molar-refractivity contribution < 1.29 is 4.79 Å². The summed E-state index contributed by atoms with van der Waals surface area (Å²) in [6.07, 6.45) is 0. The van der Waals surface area contributed by atoms with Gasteiger partial charge in [-0.15, -0.1) is 11.3 Å². The first-order valence-corrected chi connectivity index (χ1v) is 5.43. The molecule has 0 aliphatic rings. The van der Waals surface area contributed by atoms with Crippen molar-refractivity contribution in [2.24, 2.45) is 5.73 Å². The van der Waals surface area contributed by atoms with Crippen molar-refractivity contribution in [3.8, 4) is 0 Å². The Labute approximate surface area is 88.3 Å². The van der Waals surface area contributed by atoms with Crippen molar-refractivity contribution in [3.63, 3.8) is 0 Å². The highest BCUT2D eigenvalue weighted by atomic mass is 32.1. The van der Waals surface area contributed by atoms with E-state index in [9.17, 15) is 4.79 Å². The van der Waals surface area contributed by atoms with E-state index in [-0.39, 0.29) is 11.9 Å². The fourth-order valence-corrected chi connectivity index (χ4v) is 1.98. The van der Waals surface area contributed by atoms with E-state index in [2.05, 4.69) is 5.32 Å². The molecule has 14 heavy (non-hydrogen) atoms. The Bertz CT molecular complexity index is 311. The van der Waals surface area contributed by atoms with E-state index in [1.165, 1.54) is 21.8 Å². The molecule has 3 N–H and O–H groups in total. The monoisotopic (exact) mass is 212 g/mol. The van der Waals surface area contributed by atoms with Gasteiger partial charge in [-0.1, -0.05) is 0 Å². The average molecular weight is 212 g/mol. The SMILES string of the molecule is Cc1cc(C(=O)NCC(C)N)sc1C. The lowest BCUT2D eigenvalue weighted by Crippen LogP contribution is -2.34. The Balaban J connectivity index is 2.61. The zero-order valence-electron chi connectivity index (χ0n) is 8.76. The van der Waals surface area contributed by atoms with Crippen LogP contribution in [0, 0.1) is 13.8 Å². The molecule has 1 atom stereocenters. The number of nitrogens with two attached hydrogens (primary N) is 1. The molecular weight excluding hydrogens is 196 g/mol. The van der Waals surface area contributed by atoms with Crippen LogP contribution in [0.4, 0.5) is 0 Å². The van der Waals surface area contributed by atoms with Crippen LogP contribution in [0.2, 0.25) is 0 Å². The number of rotatable bonds is 3. The summed E-state index contributed by atoms with van der Waals surface area (Å²) in [5, 5.41) is 2.79. The van der Waals surface area contributed by atoms with Crippen LogP contribution in [-0.4, -0.2) is 18.5 Å². The van der Waals surface area contributed by atoms with Gasteiger partial charge < -0.3 is 11.1 Å². The maximum absolute atomic E-state index is 11.6. The van der Waals surface area contributed by atoms with Gasteiger partial charge in [0.05, 0.1) is 4.88 Å². The highest BCUT2D eigenvalue weighted by Gasteiger charge is 2.09. The van der Waals surface area contributed by atoms with E-state index in [0.717, 1.165) is 4.88 Å². The van der Waals surface area contributed by atoms with Crippen LogP contribution in [0.5, 0.6) is 0 Å². The number of carbonyl (C=O) groups excluding carboxylic acids is 1. The van der Waals surface area contributed by atoms with E-state index >= 15 is 0 Å². The molecule has 1 rings (SSSR count). The second-order valence-electron chi connectivity index (χ2n) is 3.54. The molecule has 1 amide bonds. The van der Waals surface area contributed by atoms with Crippen molar-refractivity contribution in [1.82, 2.24) is 5.32 Å². The summed E-state index contributed by atoms with van der Waals surface area (Å²) >= 11 is 1.52. The minimum Gasteiger partial charge on any atom is -0.350 e. The fraction of sp³-hybridized carbons (Fsp3) is 0.500. The zero-order valence-corrected chi connectivity index (χ0v) is 9.57. The zero-order chi connectivity index (χ0) is 10.7. The predicted molar refractivity (Wildman–Crippen MR) is 59.8 cm³/mol. The van der Waals surface area contributed by atoms with E-state index < -0.39 is 0 Å². The van der Waals surface area contributed by atoms with Crippen molar-refractivity contribution in [2.75, 3.05) is 6.54 Å². The summed E-state index contributed by atoms with van der Waals surface area (Å²) in [7, 11) is 0. The van der Waals surface area contributed by atoms with Crippen LogP contribution in [0.15, 0.2) is 6.07 Å².